The number of hydrogen-bond donors (Lipinski definition) is 2. The van der Waals surface area contributed by atoms with Crippen molar-refractivity contribution in [3.05, 3.63) is 29.8 Å². The molecule has 0 radical (unpaired) electrons. The molecule has 1 saturated carbocycles. The van der Waals surface area contributed by atoms with E-state index < -0.39 is 0 Å². The van der Waals surface area contributed by atoms with Gasteiger partial charge in [-0.3, -0.25) is 4.79 Å². The SMILES string of the molecule is CCOC1CCC(C2CC(C(=O)NCCCN(CC)C(C)CC)c3ccccc3N2)CC1. The van der Waals surface area contributed by atoms with E-state index >= 15 is 0 Å². The first-order valence-corrected chi connectivity index (χ1v) is 13.1. The van der Waals surface area contributed by atoms with Crippen LogP contribution < -0.4 is 10.6 Å². The third-order valence-electron chi connectivity index (χ3n) is 7.72. The van der Waals surface area contributed by atoms with E-state index in [9.17, 15) is 4.79 Å². The Kier molecular flexibility index (Phi) is 9.86. The fourth-order valence-corrected chi connectivity index (χ4v) is 5.59. The molecule has 0 spiro atoms. The van der Waals surface area contributed by atoms with E-state index in [0.717, 1.165) is 63.2 Å². The van der Waals surface area contributed by atoms with Crippen LogP contribution in [0.25, 0.3) is 0 Å². The standard InChI is InChI=1S/C27H45N3O2/c1-5-20(4)30(6-2)18-10-17-28-27(31)24-19-26(29-25-12-9-8-11-23(24)25)21-13-15-22(16-14-21)32-7-3/h8-9,11-12,20-22,24,26,29H,5-7,10,13-19H2,1-4H3,(H,28,31). The van der Waals surface area contributed by atoms with Crippen molar-refractivity contribution in [3.8, 4) is 0 Å². The van der Waals surface area contributed by atoms with Crippen LogP contribution in [0, 0.1) is 5.92 Å². The molecule has 3 rings (SSSR count). The van der Waals surface area contributed by atoms with E-state index in [0.29, 0.717) is 24.1 Å². The summed E-state index contributed by atoms with van der Waals surface area (Å²) in [6.07, 6.45) is 8.12. The summed E-state index contributed by atoms with van der Waals surface area (Å²) in [4.78, 5) is 15.8. The number of anilines is 1. The van der Waals surface area contributed by atoms with E-state index in [1.807, 2.05) is 0 Å². The highest BCUT2D eigenvalue weighted by molar-refractivity contribution is 5.86. The van der Waals surface area contributed by atoms with Gasteiger partial charge in [0.25, 0.3) is 0 Å². The summed E-state index contributed by atoms with van der Waals surface area (Å²) in [5.74, 6) is 0.751. The Hall–Kier alpha value is -1.59. The van der Waals surface area contributed by atoms with Crippen molar-refractivity contribution in [2.24, 2.45) is 5.92 Å². The Bertz CT molecular complexity index is 702. The van der Waals surface area contributed by atoms with Gasteiger partial charge >= 0.3 is 0 Å². The normalized spacial score (nSPS) is 26.3. The van der Waals surface area contributed by atoms with Crippen LogP contribution in [-0.4, -0.2) is 55.2 Å². The molecule has 1 amide bonds. The van der Waals surface area contributed by atoms with Crippen molar-refractivity contribution in [2.45, 2.75) is 96.7 Å². The number of amides is 1. The van der Waals surface area contributed by atoms with Gasteiger partial charge < -0.3 is 20.3 Å². The lowest BCUT2D eigenvalue weighted by Gasteiger charge is -2.40. The zero-order valence-electron chi connectivity index (χ0n) is 20.7. The van der Waals surface area contributed by atoms with Gasteiger partial charge in [-0.15, -0.1) is 0 Å². The predicted molar refractivity (Wildman–Crippen MR) is 133 cm³/mol. The van der Waals surface area contributed by atoms with Crippen molar-refractivity contribution < 1.29 is 9.53 Å². The second-order valence-electron chi connectivity index (χ2n) is 9.65. The molecule has 1 aliphatic carbocycles. The molecule has 0 bridgehead atoms. The zero-order valence-corrected chi connectivity index (χ0v) is 20.7. The summed E-state index contributed by atoms with van der Waals surface area (Å²) >= 11 is 0. The maximum absolute atomic E-state index is 13.3. The number of nitrogens with zero attached hydrogens (tertiary/aromatic N) is 1. The third kappa shape index (κ3) is 6.48. The third-order valence-corrected chi connectivity index (χ3v) is 7.72. The van der Waals surface area contributed by atoms with Crippen molar-refractivity contribution in [1.82, 2.24) is 10.2 Å². The van der Waals surface area contributed by atoms with E-state index in [1.54, 1.807) is 0 Å². The zero-order chi connectivity index (χ0) is 22.9. The van der Waals surface area contributed by atoms with Gasteiger partial charge in [0.15, 0.2) is 0 Å². The van der Waals surface area contributed by atoms with Crippen LogP contribution in [0.1, 0.15) is 84.1 Å². The van der Waals surface area contributed by atoms with E-state index in [1.165, 1.54) is 19.3 Å². The van der Waals surface area contributed by atoms with Crippen molar-refractivity contribution in [2.75, 3.05) is 31.6 Å². The van der Waals surface area contributed by atoms with E-state index in [4.69, 9.17) is 4.74 Å². The molecule has 1 aromatic rings. The van der Waals surface area contributed by atoms with Gasteiger partial charge in [-0.1, -0.05) is 32.0 Å². The average molecular weight is 444 g/mol. The largest absolute Gasteiger partial charge is 0.382 e. The highest BCUT2D eigenvalue weighted by atomic mass is 16.5. The summed E-state index contributed by atoms with van der Waals surface area (Å²) in [7, 11) is 0. The van der Waals surface area contributed by atoms with Crippen LogP contribution in [-0.2, 0) is 9.53 Å². The summed E-state index contributed by atoms with van der Waals surface area (Å²) in [5, 5.41) is 7.04. The monoisotopic (exact) mass is 443 g/mol. The number of carbonyl (C=O) groups excluding carboxylic acids is 1. The van der Waals surface area contributed by atoms with Crippen LogP contribution >= 0.6 is 0 Å². The van der Waals surface area contributed by atoms with E-state index in [2.05, 4.69) is 67.5 Å². The number of hydrogen-bond acceptors (Lipinski definition) is 4. The van der Waals surface area contributed by atoms with Crippen LogP contribution in [0.15, 0.2) is 24.3 Å². The summed E-state index contributed by atoms with van der Waals surface area (Å²) in [5.41, 5.74) is 2.30. The molecular formula is C27H45N3O2. The molecule has 3 unspecified atom stereocenters. The van der Waals surface area contributed by atoms with Crippen LogP contribution in [0.4, 0.5) is 5.69 Å². The Morgan fingerprint density at radius 2 is 1.94 bits per heavy atom. The lowest BCUT2D eigenvalue weighted by molar-refractivity contribution is -0.123. The average Bonchev–Trinajstić information content (AvgIpc) is 2.83. The highest BCUT2D eigenvalue weighted by Crippen LogP contribution is 2.40. The molecule has 0 aromatic heterocycles. The second kappa shape index (κ2) is 12.6. The Morgan fingerprint density at radius 3 is 2.62 bits per heavy atom. The molecule has 180 valence electrons. The molecule has 1 fully saturated rings. The molecule has 5 nitrogen and oxygen atoms in total. The van der Waals surface area contributed by atoms with Gasteiger partial charge in [0.05, 0.1) is 12.0 Å². The number of benzene rings is 1. The Morgan fingerprint density at radius 1 is 1.19 bits per heavy atom. The van der Waals surface area contributed by atoms with Gasteiger partial charge in [-0.25, -0.2) is 0 Å². The quantitative estimate of drug-likeness (QED) is 0.463. The number of carbonyl (C=O) groups is 1. The number of para-hydroxylation sites is 1. The van der Waals surface area contributed by atoms with Crippen molar-refractivity contribution in [1.29, 1.82) is 0 Å². The maximum atomic E-state index is 13.3. The van der Waals surface area contributed by atoms with Gasteiger partial charge in [0.2, 0.25) is 5.91 Å². The molecule has 1 aliphatic heterocycles. The van der Waals surface area contributed by atoms with E-state index in [-0.39, 0.29) is 11.8 Å². The number of rotatable bonds is 11. The summed E-state index contributed by atoms with van der Waals surface area (Å²) in [6, 6.07) is 9.35. The molecule has 32 heavy (non-hydrogen) atoms. The number of ether oxygens (including phenoxy) is 1. The fraction of sp³-hybridized carbons (Fsp3) is 0.741. The first-order chi connectivity index (χ1) is 15.6. The first kappa shape index (κ1) is 25.0. The molecule has 2 aliphatic rings. The summed E-state index contributed by atoms with van der Waals surface area (Å²) < 4.78 is 5.85. The van der Waals surface area contributed by atoms with Crippen molar-refractivity contribution >= 4 is 11.6 Å². The van der Waals surface area contributed by atoms with Crippen LogP contribution in [0.2, 0.25) is 0 Å². The molecule has 2 N–H and O–H groups in total. The predicted octanol–water partition coefficient (Wildman–Crippen LogP) is 5.18. The van der Waals surface area contributed by atoms with Crippen molar-refractivity contribution in [3.63, 3.8) is 0 Å². The highest BCUT2D eigenvalue weighted by Gasteiger charge is 2.36. The number of fused-ring (bicyclic) bond motifs is 1. The van der Waals surface area contributed by atoms with Gasteiger partial charge in [0.1, 0.15) is 0 Å². The Balaban J connectivity index is 1.57. The second-order valence-corrected chi connectivity index (χ2v) is 9.65. The van der Waals surface area contributed by atoms with Gasteiger partial charge in [-0.05, 0) is 82.9 Å². The minimum Gasteiger partial charge on any atom is -0.382 e. The lowest BCUT2D eigenvalue weighted by Crippen LogP contribution is -2.42. The lowest BCUT2D eigenvalue weighted by atomic mass is 9.75. The molecule has 3 atom stereocenters. The van der Waals surface area contributed by atoms with Gasteiger partial charge in [0, 0.05) is 37.5 Å². The molecular weight excluding hydrogens is 398 g/mol. The van der Waals surface area contributed by atoms with Crippen LogP contribution in [0.5, 0.6) is 0 Å². The molecule has 1 aromatic carbocycles. The summed E-state index contributed by atoms with van der Waals surface area (Å²) in [6.45, 7) is 12.5. The fourth-order valence-electron chi connectivity index (χ4n) is 5.59. The molecule has 5 heteroatoms. The minimum absolute atomic E-state index is 0.0566. The van der Waals surface area contributed by atoms with Crippen LogP contribution in [0.3, 0.4) is 0 Å². The smallest absolute Gasteiger partial charge is 0.227 e. The maximum Gasteiger partial charge on any atom is 0.227 e. The Labute approximate surface area is 195 Å². The number of nitrogens with one attached hydrogen (secondary N) is 2. The molecule has 0 saturated heterocycles. The van der Waals surface area contributed by atoms with Gasteiger partial charge in [-0.2, -0.15) is 0 Å². The molecule has 1 heterocycles. The topological polar surface area (TPSA) is 53.6 Å². The first-order valence-electron chi connectivity index (χ1n) is 13.1. The minimum atomic E-state index is -0.0566.